The van der Waals surface area contributed by atoms with Crippen LogP contribution in [0.3, 0.4) is 0 Å². The van der Waals surface area contributed by atoms with Crippen LogP contribution in [-0.2, 0) is 10.5 Å². The van der Waals surface area contributed by atoms with E-state index in [1.54, 1.807) is 17.6 Å². The van der Waals surface area contributed by atoms with Gasteiger partial charge in [-0.1, -0.05) is 6.07 Å². The molecule has 0 atom stereocenters. The predicted molar refractivity (Wildman–Crippen MR) is 85.6 cm³/mol. The number of H-pyrrole nitrogens is 1. The molecular formula is C15H14N4O3S. The van der Waals surface area contributed by atoms with Crippen molar-refractivity contribution in [3.8, 4) is 0 Å². The number of nitrogens with zero attached hydrogens (tertiary/aromatic N) is 3. The lowest BCUT2D eigenvalue weighted by Gasteiger charge is -2.05. The van der Waals surface area contributed by atoms with Gasteiger partial charge in [0.05, 0.1) is 23.5 Å². The second kappa shape index (κ2) is 6.66. The Balaban J connectivity index is 1.94. The topological polar surface area (TPSA) is 89.3 Å². The van der Waals surface area contributed by atoms with Crippen molar-refractivity contribution in [2.45, 2.75) is 17.7 Å². The standard InChI is InChI=1S/C15H14N4O3S/c1-2-22-15(21)11-8-17-19-10(7-12(20)18-14(11)19)9-23-13-5-3-4-6-16-13/h3-8H,2,9H2,1H3,(H,18,20). The number of ether oxygens (including phenoxy) is 1. The van der Waals surface area contributed by atoms with Gasteiger partial charge in [-0.2, -0.15) is 5.10 Å². The van der Waals surface area contributed by atoms with Crippen molar-refractivity contribution in [1.29, 1.82) is 0 Å². The molecule has 0 radical (unpaired) electrons. The van der Waals surface area contributed by atoms with E-state index < -0.39 is 5.97 Å². The normalized spacial score (nSPS) is 10.8. The summed E-state index contributed by atoms with van der Waals surface area (Å²) in [7, 11) is 0. The first-order valence-corrected chi connectivity index (χ1v) is 7.98. The van der Waals surface area contributed by atoms with Crippen LogP contribution in [0.15, 0.2) is 46.5 Å². The fourth-order valence-electron chi connectivity index (χ4n) is 2.09. The molecule has 0 amide bonds. The van der Waals surface area contributed by atoms with Crippen LogP contribution in [0.25, 0.3) is 5.65 Å². The van der Waals surface area contributed by atoms with Crippen molar-refractivity contribution in [3.63, 3.8) is 0 Å². The largest absolute Gasteiger partial charge is 0.462 e. The molecule has 3 heterocycles. The third kappa shape index (κ3) is 3.26. The van der Waals surface area contributed by atoms with E-state index in [9.17, 15) is 9.59 Å². The van der Waals surface area contributed by atoms with Crippen molar-refractivity contribution in [3.05, 3.63) is 58.3 Å². The number of fused-ring (bicyclic) bond motifs is 1. The number of carbonyl (C=O) groups is 1. The molecule has 8 heteroatoms. The van der Waals surface area contributed by atoms with Gasteiger partial charge in [0.15, 0.2) is 5.65 Å². The highest BCUT2D eigenvalue weighted by atomic mass is 32.2. The molecule has 0 saturated carbocycles. The van der Waals surface area contributed by atoms with Gasteiger partial charge in [-0.3, -0.25) is 4.79 Å². The average Bonchev–Trinajstić information content (AvgIpc) is 2.97. The first kappa shape index (κ1) is 15.3. The van der Waals surface area contributed by atoms with Crippen LogP contribution in [0.5, 0.6) is 0 Å². The lowest BCUT2D eigenvalue weighted by atomic mass is 10.3. The maximum Gasteiger partial charge on any atom is 0.343 e. The van der Waals surface area contributed by atoms with E-state index in [2.05, 4.69) is 15.1 Å². The van der Waals surface area contributed by atoms with E-state index in [0.29, 0.717) is 17.1 Å². The summed E-state index contributed by atoms with van der Waals surface area (Å²) < 4.78 is 6.52. The molecule has 23 heavy (non-hydrogen) atoms. The average molecular weight is 330 g/mol. The summed E-state index contributed by atoms with van der Waals surface area (Å²) in [4.78, 5) is 30.6. The Kier molecular flexibility index (Phi) is 4.42. The molecule has 0 aromatic carbocycles. The number of esters is 1. The minimum absolute atomic E-state index is 0.244. The maximum absolute atomic E-state index is 11.9. The van der Waals surface area contributed by atoms with E-state index in [0.717, 1.165) is 5.03 Å². The lowest BCUT2D eigenvalue weighted by molar-refractivity contribution is 0.0528. The highest BCUT2D eigenvalue weighted by Gasteiger charge is 2.16. The fourth-order valence-corrected chi connectivity index (χ4v) is 2.90. The first-order valence-electron chi connectivity index (χ1n) is 7.00. The highest BCUT2D eigenvalue weighted by Crippen LogP contribution is 2.20. The Morgan fingerprint density at radius 2 is 2.30 bits per heavy atom. The third-order valence-electron chi connectivity index (χ3n) is 3.08. The number of hydrogen-bond donors (Lipinski definition) is 1. The van der Waals surface area contributed by atoms with Crippen molar-refractivity contribution < 1.29 is 9.53 Å². The molecule has 3 rings (SSSR count). The second-order valence-electron chi connectivity index (χ2n) is 4.62. The molecule has 0 aliphatic rings. The number of rotatable bonds is 5. The Hall–Kier alpha value is -2.61. The highest BCUT2D eigenvalue weighted by molar-refractivity contribution is 7.98. The minimum atomic E-state index is -0.507. The molecular weight excluding hydrogens is 316 g/mol. The number of carbonyl (C=O) groups excluding carboxylic acids is 1. The number of aromatic amines is 1. The van der Waals surface area contributed by atoms with Crippen LogP contribution in [0.2, 0.25) is 0 Å². The van der Waals surface area contributed by atoms with Gasteiger partial charge in [-0.15, -0.1) is 11.8 Å². The van der Waals surface area contributed by atoms with Crippen LogP contribution in [0, 0.1) is 0 Å². The van der Waals surface area contributed by atoms with E-state index >= 15 is 0 Å². The predicted octanol–water partition coefficient (Wildman–Crippen LogP) is 1.89. The van der Waals surface area contributed by atoms with Gasteiger partial charge in [0, 0.05) is 18.0 Å². The molecule has 0 aliphatic carbocycles. The van der Waals surface area contributed by atoms with Crippen LogP contribution in [-0.4, -0.2) is 32.2 Å². The number of pyridine rings is 1. The number of hydrogen-bond acceptors (Lipinski definition) is 6. The molecule has 1 N–H and O–H groups in total. The zero-order chi connectivity index (χ0) is 16.2. The maximum atomic E-state index is 11.9. The van der Waals surface area contributed by atoms with Crippen molar-refractivity contribution in [1.82, 2.24) is 19.6 Å². The summed E-state index contributed by atoms with van der Waals surface area (Å²) in [6, 6.07) is 7.09. The van der Waals surface area contributed by atoms with Crippen LogP contribution >= 0.6 is 11.8 Å². The van der Waals surface area contributed by atoms with Crippen molar-refractivity contribution >= 4 is 23.4 Å². The van der Waals surface area contributed by atoms with E-state index in [-0.39, 0.29) is 17.7 Å². The number of thioether (sulfide) groups is 1. The Morgan fingerprint density at radius 3 is 3.04 bits per heavy atom. The molecule has 3 aromatic rings. The summed E-state index contributed by atoms with van der Waals surface area (Å²) in [5, 5.41) is 5.03. The Bertz CT molecular complexity index is 889. The summed E-state index contributed by atoms with van der Waals surface area (Å²) in [6.45, 7) is 1.98. The Morgan fingerprint density at radius 1 is 1.43 bits per heavy atom. The van der Waals surface area contributed by atoms with Gasteiger partial charge in [0.2, 0.25) is 0 Å². The number of aromatic nitrogens is 4. The van der Waals surface area contributed by atoms with Crippen molar-refractivity contribution in [2.24, 2.45) is 0 Å². The molecule has 0 bridgehead atoms. The molecule has 0 saturated heterocycles. The smallest absolute Gasteiger partial charge is 0.343 e. The van der Waals surface area contributed by atoms with Crippen molar-refractivity contribution in [2.75, 3.05) is 6.61 Å². The van der Waals surface area contributed by atoms with E-state index in [1.807, 2.05) is 18.2 Å². The second-order valence-corrected chi connectivity index (χ2v) is 5.62. The molecule has 0 aliphatic heterocycles. The van der Waals surface area contributed by atoms with Gasteiger partial charge in [-0.25, -0.2) is 14.3 Å². The molecule has 0 spiro atoms. The minimum Gasteiger partial charge on any atom is -0.462 e. The molecule has 0 fully saturated rings. The van der Waals surface area contributed by atoms with Crippen LogP contribution in [0.1, 0.15) is 23.0 Å². The SMILES string of the molecule is CCOC(=O)c1cnn2c(CSc3ccccn3)cc(=O)[nH]c12. The molecule has 0 unspecified atom stereocenters. The molecule has 118 valence electrons. The van der Waals surface area contributed by atoms with Gasteiger partial charge >= 0.3 is 5.97 Å². The first-order chi connectivity index (χ1) is 11.2. The zero-order valence-corrected chi connectivity index (χ0v) is 13.2. The van der Waals surface area contributed by atoms with Gasteiger partial charge < -0.3 is 9.72 Å². The Labute approximate surface area is 135 Å². The lowest BCUT2D eigenvalue weighted by Crippen LogP contribution is -2.13. The van der Waals surface area contributed by atoms with Gasteiger partial charge in [-0.05, 0) is 19.1 Å². The summed E-state index contributed by atoms with van der Waals surface area (Å²) in [5.41, 5.74) is 0.969. The summed E-state index contributed by atoms with van der Waals surface area (Å²) in [5.74, 6) is -0.00541. The zero-order valence-electron chi connectivity index (χ0n) is 12.4. The third-order valence-corrected chi connectivity index (χ3v) is 4.06. The van der Waals surface area contributed by atoms with Gasteiger partial charge in [0.25, 0.3) is 5.56 Å². The van der Waals surface area contributed by atoms with Crippen LogP contribution in [0.4, 0.5) is 0 Å². The summed E-state index contributed by atoms with van der Waals surface area (Å²) >= 11 is 1.48. The quantitative estimate of drug-likeness (QED) is 0.567. The summed E-state index contributed by atoms with van der Waals surface area (Å²) in [6.07, 6.45) is 3.11. The number of nitrogens with one attached hydrogen (secondary N) is 1. The fraction of sp³-hybridized carbons (Fsp3) is 0.200. The monoisotopic (exact) mass is 330 g/mol. The molecule has 7 nitrogen and oxygen atoms in total. The van der Waals surface area contributed by atoms with E-state index in [4.69, 9.17) is 4.74 Å². The van der Waals surface area contributed by atoms with Crippen LogP contribution < -0.4 is 5.56 Å². The van der Waals surface area contributed by atoms with E-state index in [1.165, 1.54) is 24.0 Å². The molecule has 3 aromatic heterocycles. The van der Waals surface area contributed by atoms with Gasteiger partial charge in [0.1, 0.15) is 5.56 Å².